The first-order valence-electron chi connectivity index (χ1n) is 4.47. The van der Waals surface area contributed by atoms with Crippen LogP contribution < -0.4 is 10.9 Å². The van der Waals surface area contributed by atoms with Crippen LogP contribution in [0.3, 0.4) is 0 Å². The minimum Gasteiger partial charge on any atom is -0.272 e. The van der Waals surface area contributed by atoms with Gasteiger partial charge in [0.1, 0.15) is 0 Å². The summed E-state index contributed by atoms with van der Waals surface area (Å²) in [6.07, 6.45) is 1.81. The maximum absolute atomic E-state index is 11.5. The number of rotatable bonds is 3. The van der Waals surface area contributed by atoms with Crippen molar-refractivity contribution in [3.63, 3.8) is 0 Å². The van der Waals surface area contributed by atoms with Crippen LogP contribution in [0.2, 0.25) is 5.02 Å². The van der Waals surface area contributed by atoms with Gasteiger partial charge in [-0.15, -0.1) is 0 Å². The lowest BCUT2D eigenvalue weighted by atomic mass is 10.2. The molecule has 0 fully saturated rings. The summed E-state index contributed by atoms with van der Waals surface area (Å²) in [7, 11) is 0. The highest BCUT2D eigenvalue weighted by molar-refractivity contribution is 7.99. The number of carbonyl (C=O) groups is 2. The smallest absolute Gasteiger partial charge is 0.269 e. The first-order valence-corrected chi connectivity index (χ1v) is 6.24. The Morgan fingerprint density at radius 2 is 1.88 bits per heavy atom. The average molecular weight is 259 g/mol. The molecule has 86 valence electrons. The topological polar surface area (TPSA) is 58.2 Å². The molecular formula is C10H11ClN2O2S. The van der Waals surface area contributed by atoms with Crippen molar-refractivity contribution >= 4 is 35.2 Å². The van der Waals surface area contributed by atoms with Gasteiger partial charge in [-0.1, -0.05) is 11.6 Å². The highest BCUT2D eigenvalue weighted by Crippen LogP contribution is 2.08. The number of carbonyl (C=O) groups excluding carboxylic acids is 2. The van der Waals surface area contributed by atoms with E-state index in [1.807, 2.05) is 0 Å². The van der Waals surface area contributed by atoms with Crippen LogP contribution >= 0.6 is 23.4 Å². The van der Waals surface area contributed by atoms with E-state index in [1.54, 1.807) is 30.5 Å². The Labute approximate surface area is 103 Å². The Morgan fingerprint density at radius 1 is 1.25 bits per heavy atom. The Bertz CT molecular complexity index is 381. The third kappa shape index (κ3) is 4.12. The molecule has 0 aliphatic carbocycles. The molecule has 0 unspecified atom stereocenters. The molecule has 2 N–H and O–H groups in total. The Balaban J connectivity index is 2.47. The number of benzene rings is 1. The van der Waals surface area contributed by atoms with Crippen LogP contribution in [0.1, 0.15) is 10.4 Å². The van der Waals surface area contributed by atoms with Gasteiger partial charge in [-0.05, 0) is 30.5 Å². The molecule has 0 bridgehead atoms. The van der Waals surface area contributed by atoms with Gasteiger partial charge < -0.3 is 0 Å². The maximum atomic E-state index is 11.5. The van der Waals surface area contributed by atoms with Crippen molar-refractivity contribution < 1.29 is 9.59 Å². The molecule has 1 aromatic rings. The van der Waals surface area contributed by atoms with Crippen LogP contribution in [0, 0.1) is 0 Å². The monoisotopic (exact) mass is 258 g/mol. The van der Waals surface area contributed by atoms with Crippen LogP contribution in [0.15, 0.2) is 24.3 Å². The molecule has 0 atom stereocenters. The predicted octanol–water partition coefficient (Wildman–Crippen LogP) is 1.46. The van der Waals surface area contributed by atoms with Gasteiger partial charge in [0, 0.05) is 10.6 Å². The number of hydrogen-bond donors (Lipinski definition) is 2. The number of hydrazine groups is 1. The Kier molecular flexibility index (Phi) is 5.14. The van der Waals surface area contributed by atoms with E-state index in [0.717, 1.165) is 0 Å². The Morgan fingerprint density at radius 3 is 2.44 bits per heavy atom. The van der Waals surface area contributed by atoms with Crippen molar-refractivity contribution in [2.75, 3.05) is 12.0 Å². The summed E-state index contributed by atoms with van der Waals surface area (Å²) >= 11 is 7.06. The zero-order valence-corrected chi connectivity index (χ0v) is 10.2. The van der Waals surface area contributed by atoms with Gasteiger partial charge in [0.25, 0.3) is 5.91 Å². The van der Waals surface area contributed by atoms with Gasteiger partial charge in [0.05, 0.1) is 5.75 Å². The molecule has 0 aromatic heterocycles. The van der Waals surface area contributed by atoms with Gasteiger partial charge in [-0.2, -0.15) is 11.8 Å². The van der Waals surface area contributed by atoms with E-state index in [0.29, 0.717) is 16.3 Å². The van der Waals surface area contributed by atoms with Gasteiger partial charge in [-0.25, -0.2) is 0 Å². The molecule has 0 aliphatic heterocycles. The van der Waals surface area contributed by atoms with Gasteiger partial charge in [-0.3, -0.25) is 20.4 Å². The molecule has 0 aliphatic rings. The van der Waals surface area contributed by atoms with Crippen molar-refractivity contribution in [2.45, 2.75) is 0 Å². The van der Waals surface area contributed by atoms with Gasteiger partial charge in [0.15, 0.2) is 0 Å². The van der Waals surface area contributed by atoms with E-state index >= 15 is 0 Å². The van der Waals surface area contributed by atoms with Gasteiger partial charge in [0.2, 0.25) is 5.91 Å². The second-order valence-corrected chi connectivity index (χ2v) is 4.24. The third-order valence-corrected chi connectivity index (χ3v) is 2.50. The van der Waals surface area contributed by atoms with Crippen molar-refractivity contribution in [3.05, 3.63) is 34.9 Å². The number of amides is 2. The summed E-state index contributed by atoms with van der Waals surface area (Å²) in [6.45, 7) is 0. The fraction of sp³-hybridized carbons (Fsp3) is 0.200. The zero-order valence-electron chi connectivity index (χ0n) is 8.62. The summed E-state index contributed by atoms with van der Waals surface area (Å²) in [5, 5.41) is 0.558. The first kappa shape index (κ1) is 12.9. The lowest BCUT2D eigenvalue weighted by molar-refractivity contribution is -0.119. The van der Waals surface area contributed by atoms with Crippen molar-refractivity contribution in [2.24, 2.45) is 0 Å². The molecule has 0 saturated carbocycles. The van der Waals surface area contributed by atoms with Crippen LogP contribution in [0.5, 0.6) is 0 Å². The second kappa shape index (κ2) is 6.40. The quantitative estimate of drug-likeness (QED) is 0.807. The number of hydrogen-bond acceptors (Lipinski definition) is 3. The van der Waals surface area contributed by atoms with Crippen LogP contribution in [0.25, 0.3) is 0 Å². The normalized spacial score (nSPS) is 9.62. The maximum Gasteiger partial charge on any atom is 0.269 e. The molecule has 6 heteroatoms. The molecule has 0 saturated heterocycles. The van der Waals surface area contributed by atoms with Gasteiger partial charge >= 0.3 is 0 Å². The largest absolute Gasteiger partial charge is 0.272 e. The van der Waals surface area contributed by atoms with Crippen molar-refractivity contribution in [3.8, 4) is 0 Å². The number of nitrogens with one attached hydrogen (secondary N) is 2. The van der Waals surface area contributed by atoms with E-state index in [1.165, 1.54) is 11.8 Å². The molecule has 4 nitrogen and oxygen atoms in total. The molecule has 2 amide bonds. The first-order chi connectivity index (χ1) is 7.63. The highest BCUT2D eigenvalue weighted by atomic mass is 35.5. The molecule has 1 aromatic carbocycles. The summed E-state index contributed by atoms with van der Waals surface area (Å²) < 4.78 is 0. The van der Waals surface area contributed by atoms with Crippen LogP contribution in [0.4, 0.5) is 0 Å². The van der Waals surface area contributed by atoms with Crippen molar-refractivity contribution in [1.29, 1.82) is 0 Å². The summed E-state index contributed by atoms with van der Waals surface area (Å²) in [5.74, 6) is -0.304. The molecule has 0 heterocycles. The second-order valence-electron chi connectivity index (χ2n) is 2.94. The lowest BCUT2D eigenvalue weighted by Gasteiger charge is -2.06. The zero-order chi connectivity index (χ0) is 12.0. The minimum absolute atomic E-state index is 0.241. The van der Waals surface area contributed by atoms with Crippen LogP contribution in [-0.4, -0.2) is 23.8 Å². The SMILES string of the molecule is CSCC(=O)NNC(=O)c1ccc(Cl)cc1. The van der Waals surface area contributed by atoms with E-state index in [4.69, 9.17) is 11.6 Å². The third-order valence-electron chi connectivity index (χ3n) is 1.70. The summed E-state index contributed by atoms with van der Waals surface area (Å²) in [6, 6.07) is 6.39. The predicted molar refractivity (Wildman–Crippen MR) is 65.4 cm³/mol. The van der Waals surface area contributed by atoms with E-state index in [2.05, 4.69) is 10.9 Å². The molecule has 1 rings (SSSR count). The molecule has 16 heavy (non-hydrogen) atoms. The molecular weight excluding hydrogens is 248 g/mol. The fourth-order valence-corrected chi connectivity index (χ4v) is 1.43. The minimum atomic E-state index is -0.369. The van der Waals surface area contributed by atoms with E-state index < -0.39 is 0 Å². The van der Waals surface area contributed by atoms with Crippen molar-refractivity contribution in [1.82, 2.24) is 10.9 Å². The van der Waals surface area contributed by atoms with Crippen LogP contribution in [-0.2, 0) is 4.79 Å². The average Bonchev–Trinajstić information content (AvgIpc) is 2.27. The molecule has 0 radical (unpaired) electrons. The fourth-order valence-electron chi connectivity index (χ4n) is 0.967. The highest BCUT2D eigenvalue weighted by Gasteiger charge is 2.06. The summed E-state index contributed by atoms with van der Waals surface area (Å²) in [5.41, 5.74) is 5.05. The Hall–Kier alpha value is -1.20. The number of thioether (sulfide) groups is 1. The summed E-state index contributed by atoms with van der Waals surface area (Å²) in [4.78, 5) is 22.6. The number of halogens is 1. The van der Waals surface area contributed by atoms with E-state index in [-0.39, 0.29) is 11.8 Å². The molecule has 0 spiro atoms. The standard InChI is InChI=1S/C10H11ClN2O2S/c1-16-6-9(14)12-13-10(15)7-2-4-8(11)5-3-7/h2-5H,6H2,1H3,(H,12,14)(H,13,15). The lowest BCUT2D eigenvalue weighted by Crippen LogP contribution is -2.42. The van der Waals surface area contributed by atoms with E-state index in [9.17, 15) is 9.59 Å².